The first-order valence-electron chi connectivity index (χ1n) is 5.93. The Morgan fingerprint density at radius 2 is 2.41 bits per heavy atom. The van der Waals surface area contributed by atoms with Crippen LogP contribution in [0.25, 0.3) is 0 Å². The van der Waals surface area contributed by atoms with Crippen LogP contribution in [0, 0.1) is 5.92 Å². The maximum absolute atomic E-state index is 5.80. The van der Waals surface area contributed by atoms with Crippen molar-refractivity contribution in [2.24, 2.45) is 5.92 Å². The normalized spacial score (nSPS) is 19.5. The van der Waals surface area contributed by atoms with Gasteiger partial charge in [-0.2, -0.15) is 0 Å². The van der Waals surface area contributed by atoms with E-state index in [0.29, 0.717) is 5.92 Å². The zero-order valence-corrected chi connectivity index (χ0v) is 11.6. The van der Waals surface area contributed by atoms with Crippen LogP contribution < -0.4 is 10.1 Å². The number of ether oxygens (including phenoxy) is 2. The van der Waals surface area contributed by atoms with Crippen molar-refractivity contribution in [3.8, 4) is 5.75 Å². The van der Waals surface area contributed by atoms with Crippen molar-refractivity contribution >= 4 is 15.9 Å². The maximum atomic E-state index is 5.80. The Balaban J connectivity index is 1.93. The van der Waals surface area contributed by atoms with Gasteiger partial charge in [-0.1, -0.05) is 15.9 Å². The van der Waals surface area contributed by atoms with Gasteiger partial charge in [0.25, 0.3) is 0 Å². The molecular weight excluding hydrogens is 282 g/mol. The van der Waals surface area contributed by atoms with Crippen molar-refractivity contribution in [2.45, 2.75) is 13.0 Å². The number of hydrogen-bond acceptors (Lipinski definition) is 3. The molecule has 1 aliphatic heterocycles. The molecule has 1 saturated heterocycles. The van der Waals surface area contributed by atoms with Crippen LogP contribution >= 0.6 is 15.9 Å². The highest BCUT2D eigenvalue weighted by Crippen LogP contribution is 2.23. The van der Waals surface area contributed by atoms with E-state index in [-0.39, 0.29) is 0 Å². The molecule has 1 unspecified atom stereocenters. The predicted octanol–water partition coefficient (Wildman–Crippen LogP) is 2.58. The average molecular weight is 300 g/mol. The van der Waals surface area contributed by atoms with Crippen LogP contribution in [0.5, 0.6) is 5.75 Å². The van der Waals surface area contributed by atoms with Crippen molar-refractivity contribution in [2.75, 3.05) is 26.9 Å². The SMILES string of the molecule is CNCc1cc(OCC2CCOC2)ccc1Br. The number of nitrogens with one attached hydrogen (secondary N) is 1. The van der Waals surface area contributed by atoms with Gasteiger partial charge in [-0.15, -0.1) is 0 Å². The van der Waals surface area contributed by atoms with Crippen LogP contribution in [0.3, 0.4) is 0 Å². The first kappa shape index (κ1) is 12.9. The lowest BCUT2D eigenvalue weighted by atomic mass is 10.1. The van der Waals surface area contributed by atoms with E-state index in [9.17, 15) is 0 Å². The number of halogens is 1. The van der Waals surface area contributed by atoms with Crippen LogP contribution in [0.15, 0.2) is 22.7 Å². The molecule has 1 fully saturated rings. The predicted molar refractivity (Wildman–Crippen MR) is 71.3 cm³/mol. The Bertz CT molecular complexity index is 364. The number of benzene rings is 1. The van der Waals surface area contributed by atoms with Gasteiger partial charge in [0, 0.05) is 23.5 Å². The smallest absolute Gasteiger partial charge is 0.119 e. The molecule has 0 radical (unpaired) electrons. The fourth-order valence-electron chi connectivity index (χ4n) is 1.90. The molecule has 1 aliphatic rings. The molecule has 17 heavy (non-hydrogen) atoms. The summed E-state index contributed by atoms with van der Waals surface area (Å²) in [4.78, 5) is 0. The summed E-state index contributed by atoms with van der Waals surface area (Å²) in [5.74, 6) is 1.48. The molecule has 94 valence electrons. The van der Waals surface area contributed by atoms with E-state index < -0.39 is 0 Å². The summed E-state index contributed by atoms with van der Waals surface area (Å²) in [6.07, 6.45) is 1.11. The lowest BCUT2D eigenvalue weighted by Crippen LogP contribution is -2.12. The van der Waals surface area contributed by atoms with Crippen molar-refractivity contribution in [1.29, 1.82) is 0 Å². The van der Waals surface area contributed by atoms with Gasteiger partial charge in [0.2, 0.25) is 0 Å². The van der Waals surface area contributed by atoms with E-state index in [1.54, 1.807) is 0 Å². The summed E-state index contributed by atoms with van der Waals surface area (Å²) in [6.45, 7) is 3.30. The molecule has 3 nitrogen and oxygen atoms in total. The van der Waals surface area contributed by atoms with Gasteiger partial charge in [-0.3, -0.25) is 0 Å². The Hall–Kier alpha value is -0.580. The molecule has 0 aromatic heterocycles. The fourth-order valence-corrected chi connectivity index (χ4v) is 2.28. The monoisotopic (exact) mass is 299 g/mol. The van der Waals surface area contributed by atoms with Crippen molar-refractivity contribution < 1.29 is 9.47 Å². The Kier molecular flexibility index (Phi) is 4.83. The van der Waals surface area contributed by atoms with E-state index in [1.807, 2.05) is 19.2 Å². The van der Waals surface area contributed by atoms with E-state index in [1.165, 1.54) is 5.56 Å². The number of hydrogen-bond donors (Lipinski definition) is 1. The van der Waals surface area contributed by atoms with Crippen molar-refractivity contribution in [3.63, 3.8) is 0 Å². The molecule has 2 rings (SSSR count). The first-order chi connectivity index (χ1) is 8.29. The minimum Gasteiger partial charge on any atom is -0.493 e. The summed E-state index contributed by atoms with van der Waals surface area (Å²) < 4.78 is 12.2. The van der Waals surface area contributed by atoms with Crippen LogP contribution in [0.4, 0.5) is 0 Å². The third-order valence-corrected chi connectivity index (χ3v) is 3.67. The van der Waals surface area contributed by atoms with Gasteiger partial charge in [0.15, 0.2) is 0 Å². The molecule has 0 spiro atoms. The third kappa shape index (κ3) is 3.69. The zero-order chi connectivity index (χ0) is 12.1. The molecule has 1 aromatic carbocycles. The number of rotatable bonds is 5. The molecule has 1 heterocycles. The van der Waals surface area contributed by atoms with Crippen LogP contribution in [-0.4, -0.2) is 26.9 Å². The van der Waals surface area contributed by atoms with E-state index in [0.717, 1.165) is 43.0 Å². The van der Waals surface area contributed by atoms with Gasteiger partial charge in [-0.25, -0.2) is 0 Å². The molecule has 1 N–H and O–H groups in total. The summed E-state index contributed by atoms with van der Waals surface area (Å²) in [5, 5.41) is 3.14. The highest BCUT2D eigenvalue weighted by Gasteiger charge is 2.16. The zero-order valence-electron chi connectivity index (χ0n) is 10.0. The summed E-state index contributed by atoms with van der Waals surface area (Å²) >= 11 is 3.53. The third-order valence-electron chi connectivity index (χ3n) is 2.89. The summed E-state index contributed by atoms with van der Waals surface area (Å²) in [6, 6.07) is 6.11. The Morgan fingerprint density at radius 3 is 3.12 bits per heavy atom. The second-order valence-corrected chi connectivity index (χ2v) is 5.18. The summed E-state index contributed by atoms with van der Waals surface area (Å²) in [5.41, 5.74) is 1.22. The molecule has 4 heteroatoms. The summed E-state index contributed by atoms with van der Waals surface area (Å²) in [7, 11) is 1.94. The second-order valence-electron chi connectivity index (χ2n) is 4.32. The van der Waals surface area contributed by atoms with Crippen molar-refractivity contribution in [3.05, 3.63) is 28.2 Å². The van der Waals surface area contributed by atoms with Crippen molar-refractivity contribution in [1.82, 2.24) is 5.32 Å². The minimum atomic E-state index is 0.548. The van der Waals surface area contributed by atoms with E-state index in [4.69, 9.17) is 9.47 Å². The highest BCUT2D eigenvalue weighted by molar-refractivity contribution is 9.10. The molecule has 0 bridgehead atoms. The first-order valence-corrected chi connectivity index (χ1v) is 6.72. The van der Waals surface area contributed by atoms with E-state index >= 15 is 0 Å². The minimum absolute atomic E-state index is 0.548. The standard InChI is InChI=1S/C13H18BrNO2/c1-15-7-11-6-12(2-3-13(11)14)17-9-10-4-5-16-8-10/h2-3,6,10,15H,4-5,7-9H2,1H3. The van der Waals surface area contributed by atoms with Crippen LogP contribution in [-0.2, 0) is 11.3 Å². The molecule has 0 saturated carbocycles. The molecule has 0 aliphatic carbocycles. The fraction of sp³-hybridized carbons (Fsp3) is 0.538. The van der Waals surface area contributed by atoms with Gasteiger partial charge >= 0.3 is 0 Å². The largest absolute Gasteiger partial charge is 0.493 e. The Morgan fingerprint density at radius 1 is 1.53 bits per heavy atom. The lowest BCUT2D eigenvalue weighted by Gasteiger charge is -2.12. The quantitative estimate of drug-likeness (QED) is 0.906. The second kappa shape index (κ2) is 6.38. The molecular formula is C13H18BrNO2. The van der Waals surface area contributed by atoms with Gasteiger partial charge in [0.1, 0.15) is 5.75 Å². The molecule has 1 aromatic rings. The van der Waals surface area contributed by atoms with Crippen LogP contribution in [0.1, 0.15) is 12.0 Å². The topological polar surface area (TPSA) is 30.5 Å². The Labute approximate surface area is 111 Å². The molecule has 1 atom stereocenters. The van der Waals surface area contributed by atoms with Gasteiger partial charge in [-0.05, 0) is 37.2 Å². The lowest BCUT2D eigenvalue weighted by molar-refractivity contribution is 0.167. The van der Waals surface area contributed by atoms with Crippen LogP contribution in [0.2, 0.25) is 0 Å². The van der Waals surface area contributed by atoms with E-state index in [2.05, 4.69) is 27.3 Å². The maximum Gasteiger partial charge on any atom is 0.119 e. The highest BCUT2D eigenvalue weighted by atomic mass is 79.9. The molecule has 0 amide bonds. The van der Waals surface area contributed by atoms with Gasteiger partial charge in [0.05, 0.1) is 13.2 Å². The average Bonchev–Trinajstić information content (AvgIpc) is 2.83. The van der Waals surface area contributed by atoms with Gasteiger partial charge < -0.3 is 14.8 Å².